The lowest BCUT2D eigenvalue weighted by Crippen LogP contribution is -2.39. The van der Waals surface area contributed by atoms with E-state index in [1.165, 1.54) is 32.1 Å². The van der Waals surface area contributed by atoms with Gasteiger partial charge in [0.05, 0.1) is 0 Å². The third-order valence-corrected chi connectivity index (χ3v) is 3.70. The minimum atomic E-state index is 0.605. The third kappa shape index (κ3) is 4.98. The van der Waals surface area contributed by atoms with Crippen molar-refractivity contribution in [3.63, 3.8) is 0 Å². The quantitative estimate of drug-likeness (QED) is 0.732. The molecule has 1 aliphatic carbocycles. The lowest BCUT2D eigenvalue weighted by molar-refractivity contribution is 0.178. The van der Waals surface area contributed by atoms with Crippen molar-refractivity contribution in [2.24, 2.45) is 5.92 Å². The predicted molar refractivity (Wildman–Crippen MR) is 65.1 cm³/mol. The minimum Gasteiger partial charge on any atom is -0.385 e. The van der Waals surface area contributed by atoms with Crippen molar-refractivity contribution in [3.05, 3.63) is 0 Å². The molecule has 15 heavy (non-hydrogen) atoms. The van der Waals surface area contributed by atoms with Gasteiger partial charge in [0.1, 0.15) is 0 Å². The van der Waals surface area contributed by atoms with E-state index in [9.17, 15) is 0 Å². The van der Waals surface area contributed by atoms with Crippen molar-refractivity contribution in [2.75, 3.05) is 13.7 Å². The highest BCUT2D eigenvalue weighted by Crippen LogP contribution is 2.26. The molecule has 90 valence electrons. The highest BCUT2D eigenvalue weighted by molar-refractivity contribution is 4.78. The van der Waals surface area contributed by atoms with Crippen LogP contribution >= 0.6 is 0 Å². The van der Waals surface area contributed by atoms with Crippen LogP contribution in [0.2, 0.25) is 0 Å². The van der Waals surface area contributed by atoms with Crippen LogP contribution < -0.4 is 5.32 Å². The van der Waals surface area contributed by atoms with Crippen LogP contribution in [0, 0.1) is 5.92 Å². The summed E-state index contributed by atoms with van der Waals surface area (Å²) in [5, 5.41) is 3.72. The number of rotatable bonds is 6. The summed E-state index contributed by atoms with van der Waals surface area (Å²) in [4.78, 5) is 0. The van der Waals surface area contributed by atoms with Gasteiger partial charge < -0.3 is 10.1 Å². The molecule has 0 bridgehead atoms. The zero-order valence-corrected chi connectivity index (χ0v) is 10.6. The molecule has 1 atom stereocenters. The standard InChI is InChI=1S/C13H27NO/c1-4-12-5-7-13(8-6-12)14-11(2)9-10-15-3/h11-14H,4-10H2,1-3H3. The first kappa shape index (κ1) is 13.0. The van der Waals surface area contributed by atoms with E-state index in [4.69, 9.17) is 4.74 Å². The van der Waals surface area contributed by atoms with E-state index in [2.05, 4.69) is 19.2 Å². The van der Waals surface area contributed by atoms with Crippen molar-refractivity contribution < 1.29 is 4.74 Å². The summed E-state index contributed by atoms with van der Waals surface area (Å²) in [7, 11) is 1.78. The summed E-state index contributed by atoms with van der Waals surface area (Å²) in [6, 6.07) is 1.37. The van der Waals surface area contributed by atoms with E-state index in [0.717, 1.165) is 25.0 Å². The van der Waals surface area contributed by atoms with Crippen LogP contribution in [0.1, 0.15) is 52.4 Å². The van der Waals surface area contributed by atoms with Gasteiger partial charge in [0.15, 0.2) is 0 Å². The first-order chi connectivity index (χ1) is 7.26. The molecule has 0 aliphatic heterocycles. The van der Waals surface area contributed by atoms with E-state index >= 15 is 0 Å². The molecule has 1 N–H and O–H groups in total. The second-order valence-corrected chi connectivity index (χ2v) is 4.98. The number of methoxy groups -OCH3 is 1. The van der Waals surface area contributed by atoms with Crippen LogP contribution in [0.3, 0.4) is 0 Å². The molecule has 0 saturated heterocycles. The molecule has 0 heterocycles. The summed E-state index contributed by atoms with van der Waals surface area (Å²) >= 11 is 0. The van der Waals surface area contributed by atoms with Crippen molar-refractivity contribution in [1.29, 1.82) is 0 Å². The number of ether oxygens (including phenoxy) is 1. The lowest BCUT2D eigenvalue weighted by atomic mass is 9.84. The molecule has 1 fully saturated rings. The predicted octanol–water partition coefficient (Wildman–Crippen LogP) is 2.97. The van der Waals surface area contributed by atoms with Crippen LogP contribution in [-0.4, -0.2) is 25.8 Å². The smallest absolute Gasteiger partial charge is 0.0476 e. The van der Waals surface area contributed by atoms with E-state index in [1.807, 2.05) is 0 Å². The van der Waals surface area contributed by atoms with E-state index in [1.54, 1.807) is 7.11 Å². The molecule has 0 aromatic rings. The van der Waals surface area contributed by atoms with Gasteiger partial charge in [0.2, 0.25) is 0 Å². The van der Waals surface area contributed by atoms with Crippen LogP contribution in [0.4, 0.5) is 0 Å². The normalized spacial score (nSPS) is 29.0. The molecule has 1 unspecified atom stereocenters. The molecular weight excluding hydrogens is 186 g/mol. The van der Waals surface area contributed by atoms with Crippen molar-refractivity contribution >= 4 is 0 Å². The third-order valence-electron chi connectivity index (χ3n) is 3.70. The summed E-state index contributed by atoms with van der Waals surface area (Å²) in [5.74, 6) is 0.998. The maximum absolute atomic E-state index is 5.10. The first-order valence-corrected chi connectivity index (χ1v) is 6.51. The molecular formula is C13H27NO. The summed E-state index contributed by atoms with van der Waals surface area (Å²) in [5.41, 5.74) is 0. The van der Waals surface area contributed by atoms with Gasteiger partial charge in [-0.15, -0.1) is 0 Å². The Balaban J connectivity index is 2.12. The number of nitrogens with one attached hydrogen (secondary N) is 1. The largest absolute Gasteiger partial charge is 0.385 e. The molecule has 0 radical (unpaired) electrons. The van der Waals surface area contributed by atoms with Crippen LogP contribution in [0.15, 0.2) is 0 Å². The molecule has 1 aliphatic rings. The Morgan fingerprint density at radius 2 is 1.93 bits per heavy atom. The lowest BCUT2D eigenvalue weighted by Gasteiger charge is -2.30. The topological polar surface area (TPSA) is 21.3 Å². The molecule has 0 aromatic heterocycles. The van der Waals surface area contributed by atoms with Gasteiger partial charge in [-0.05, 0) is 44.9 Å². The summed E-state index contributed by atoms with van der Waals surface area (Å²) < 4.78 is 5.10. The Labute approximate surface area is 94.8 Å². The van der Waals surface area contributed by atoms with Crippen molar-refractivity contribution in [2.45, 2.75) is 64.5 Å². The molecule has 1 saturated carbocycles. The summed E-state index contributed by atoms with van der Waals surface area (Å²) in [6.07, 6.45) is 8.08. The second kappa shape index (κ2) is 7.24. The van der Waals surface area contributed by atoms with E-state index < -0.39 is 0 Å². The van der Waals surface area contributed by atoms with Crippen LogP contribution in [0.25, 0.3) is 0 Å². The average Bonchev–Trinajstić information content (AvgIpc) is 2.27. The summed E-state index contributed by atoms with van der Waals surface area (Å²) in [6.45, 7) is 5.46. The average molecular weight is 213 g/mol. The van der Waals surface area contributed by atoms with Crippen LogP contribution in [0.5, 0.6) is 0 Å². The minimum absolute atomic E-state index is 0.605. The molecule has 0 amide bonds. The fraction of sp³-hybridized carbons (Fsp3) is 1.00. The molecule has 0 spiro atoms. The van der Waals surface area contributed by atoms with E-state index in [-0.39, 0.29) is 0 Å². The Morgan fingerprint density at radius 1 is 1.27 bits per heavy atom. The van der Waals surface area contributed by atoms with Crippen molar-refractivity contribution in [3.8, 4) is 0 Å². The fourth-order valence-electron chi connectivity index (χ4n) is 2.52. The fourth-order valence-corrected chi connectivity index (χ4v) is 2.52. The number of hydrogen-bond donors (Lipinski definition) is 1. The first-order valence-electron chi connectivity index (χ1n) is 6.51. The number of hydrogen-bond acceptors (Lipinski definition) is 2. The Kier molecular flexibility index (Phi) is 6.26. The molecule has 0 aromatic carbocycles. The zero-order chi connectivity index (χ0) is 11.1. The van der Waals surface area contributed by atoms with Gasteiger partial charge in [0.25, 0.3) is 0 Å². The molecule has 2 nitrogen and oxygen atoms in total. The van der Waals surface area contributed by atoms with Gasteiger partial charge in [-0.1, -0.05) is 13.3 Å². The van der Waals surface area contributed by atoms with Gasteiger partial charge >= 0.3 is 0 Å². The molecule has 1 rings (SSSR count). The maximum Gasteiger partial charge on any atom is 0.0476 e. The van der Waals surface area contributed by atoms with Gasteiger partial charge in [-0.25, -0.2) is 0 Å². The Hall–Kier alpha value is -0.0800. The van der Waals surface area contributed by atoms with Gasteiger partial charge in [0, 0.05) is 25.8 Å². The highest BCUT2D eigenvalue weighted by atomic mass is 16.5. The highest BCUT2D eigenvalue weighted by Gasteiger charge is 2.20. The van der Waals surface area contributed by atoms with Crippen molar-refractivity contribution in [1.82, 2.24) is 5.32 Å². The van der Waals surface area contributed by atoms with Crippen LogP contribution in [-0.2, 0) is 4.74 Å². The zero-order valence-electron chi connectivity index (χ0n) is 10.6. The molecule has 2 heteroatoms. The van der Waals surface area contributed by atoms with Gasteiger partial charge in [-0.3, -0.25) is 0 Å². The van der Waals surface area contributed by atoms with E-state index in [0.29, 0.717) is 6.04 Å². The van der Waals surface area contributed by atoms with Gasteiger partial charge in [-0.2, -0.15) is 0 Å². The Bertz CT molecular complexity index is 153. The monoisotopic (exact) mass is 213 g/mol. The maximum atomic E-state index is 5.10. The Morgan fingerprint density at radius 3 is 2.47 bits per heavy atom. The second-order valence-electron chi connectivity index (χ2n) is 4.98. The SMILES string of the molecule is CCC1CCC(NC(C)CCOC)CC1.